The molecule has 0 aromatic carbocycles. The predicted molar refractivity (Wildman–Crippen MR) is 103 cm³/mol. The Morgan fingerprint density at radius 1 is 1.06 bits per heavy atom. The average molecular weight is 431 g/mol. The van der Waals surface area contributed by atoms with E-state index in [2.05, 4.69) is 30.7 Å². The van der Waals surface area contributed by atoms with Gasteiger partial charge in [-0.15, -0.1) is 5.10 Å². The van der Waals surface area contributed by atoms with Gasteiger partial charge >= 0.3 is 6.18 Å². The molecule has 158 valence electrons. The minimum Gasteiger partial charge on any atom is -0.336 e. The summed E-state index contributed by atoms with van der Waals surface area (Å²) in [5, 5.41) is 9.23. The van der Waals surface area contributed by atoms with Crippen LogP contribution in [0.4, 0.5) is 34.9 Å². The normalized spacial score (nSPS) is 11.5. The van der Waals surface area contributed by atoms with Crippen LogP contribution < -0.4 is 10.6 Å². The number of nitrogens with zero attached hydrogens (tertiary/aromatic N) is 5. The van der Waals surface area contributed by atoms with E-state index in [1.807, 2.05) is 0 Å². The number of anilines is 3. The van der Waals surface area contributed by atoms with E-state index in [1.165, 1.54) is 35.8 Å². The van der Waals surface area contributed by atoms with E-state index in [1.54, 1.807) is 18.3 Å². The zero-order valence-electron chi connectivity index (χ0n) is 15.8. The average Bonchev–Trinajstić information content (AvgIpc) is 3.19. The van der Waals surface area contributed by atoms with Crippen LogP contribution in [0.25, 0.3) is 17.0 Å². The van der Waals surface area contributed by atoms with Crippen molar-refractivity contribution in [3.63, 3.8) is 0 Å². The molecule has 1 amide bonds. The lowest BCUT2D eigenvalue weighted by Gasteiger charge is -2.12. The molecule has 2 N–H and O–H groups in total. The molecule has 0 saturated carbocycles. The van der Waals surface area contributed by atoms with E-state index >= 15 is 0 Å². The Labute approximate surface area is 172 Å². The first kappa shape index (κ1) is 20.2. The number of pyridine rings is 2. The fraction of sp³-hybridized carbons (Fsp3) is 0.105. The van der Waals surface area contributed by atoms with Gasteiger partial charge in [0.1, 0.15) is 16.9 Å². The van der Waals surface area contributed by atoms with Gasteiger partial charge in [-0.05, 0) is 30.3 Å². The smallest absolute Gasteiger partial charge is 0.336 e. The highest BCUT2D eigenvalue weighted by molar-refractivity contribution is 5.88. The van der Waals surface area contributed by atoms with Gasteiger partial charge in [-0.25, -0.2) is 23.9 Å². The van der Waals surface area contributed by atoms with Crippen molar-refractivity contribution in [3.05, 3.63) is 60.3 Å². The van der Waals surface area contributed by atoms with Crippen LogP contribution in [0.2, 0.25) is 0 Å². The second-order valence-corrected chi connectivity index (χ2v) is 6.36. The van der Waals surface area contributed by atoms with Crippen LogP contribution in [0.3, 0.4) is 0 Å². The molecule has 0 radical (unpaired) electrons. The first-order valence-corrected chi connectivity index (χ1v) is 8.81. The van der Waals surface area contributed by atoms with Gasteiger partial charge in [0.25, 0.3) is 0 Å². The number of hydrogen-bond acceptors (Lipinski definition) is 6. The Balaban J connectivity index is 1.79. The zero-order valence-corrected chi connectivity index (χ0v) is 15.8. The number of carbonyl (C=O) groups is 1. The molecule has 8 nitrogen and oxygen atoms in total. The van der Waals surface area contributed by atoms with Crippen LogP contribution in [-0.2, 0) is 11.0 Å². The van der Waals surface area contributed by atoms with Crippen molar-refractivity contribution in [2.45, 2.75) is 13.1 Å². The van der Waals surface area contributed by atoms with Gasteiger partial charge in [-0.1, -0.05) is 6.07 Å². The zero-order chi connectivity index (χ0) is 22.2. The van der Waals surface area contributed by atoms with E-state index in [0.29, 0.717) is 5.52 Å². The molecule has 4 aromatic heterocycles. The number of aromatic nitrogens is 5. The minimum absolute atomic E-state index is 0.0523. The minimum atomic E-state index is -4.63. The summed E-state index contributed by atoms with van der Waals surface area (Å²) in [6.45, 7) is 1.21. The fourth-order valence-electron chi connectivity index (χ4n) is 2.77. The SMILES string of the molecule is CC(=O)Nc1nccc(Nc2nc(-c3cccc(C(F)(F)F)n3)nn3cccc23)c1F. The molecular formula is C19H13F4N7O. The number of fused-ring (bicyclic) bond motifs is 1. The van der Waals surface area contributed by atoms with Crippen LogP contribution in [-0.4, -0.2) is 30.5 Å². The summed E-state index contributed by atoms with van der Waals surface area (Å²) in [6.07, 6.45) is -1.79. The highest BCUT2D eigenvalue weighted by atomic mass is 19.4. The highest BCUT2D eigenvalue weighted by Crippen LogP contribution is 2.30. The number of carbonyl (C=O) groups excluding carboxylic acids is 1. The second-order valence-electron chi connectivity index (χ2n) is 6.36. The third-order valence-corrected chi connectivity index (χ3v) is 4.10. The van der Waals surface area contributed by atoms with Gasteiger partial charge in [-0.3, -0.25) is 4.79 Å². The maximum absolute atomic E-state index is 14.7. The van der Waals surface area contributed by atoms with E-state index in [-0.39, 0.29) is 28.8 Å². The molecule has 4 rings (SSSR count). The van der Waals surface area contributed by atoms with Gasteiger partial charge in [0, 0.05) is 19.3 Å². The summed E-state index contributed by atoms with van der Waals surface area (Å²) in [5.41, 5.74) is -0.810. The Hall–Kier alpha value is -4.09. The maximum Gasteiger partial charge on any atom is 0.433 e. The molecule has 0 spiro atoms. The molecule has 0 aliphatic carbocycles. The summed E-state index contributed by atoms with van der Waals surface area (Å²) >= 11 is 0. The first-order valence-electron chi connectivity index (χ1n) is 8.81. The van der Waals surface area contributed by atoms with Crippen LogP contribution in [0.5, 0.6) is 0 Å². The Kier molecular flexibility index (Phi) is 4.97. The van der Waals surface area contributed by atoms with Crippen molar-refractivity contribution in [3.8, 4) is 11.5 Å². The molecule has 4 heterocycles. The summed E-state index contributed by atoms with van der Waals surface area (Å²) < 4.78 is 55.2. The van der Waals surface area contributed by atoms with Gasteiger partial charge < -0.3 is 10.6 Å². The number of halogens is 4. The van der Waals surface area contributed by atoms with Crippen molar-refractivity contribution in [1.82, 2.24) is 24.6 Å². The summed E-state index contributed by atoms with van der Waals surface area (Å²) in [5.74, 6) is -1.60. The lowest BCUT2D eigenvalue weighted by molar-refractivity contribution is -0.141. The highest BCUT2D eigenvalue weighted by Gasteiger charge is 2.32. The standard InChI is InChI=1S/C19H13F4N7O/c1-10(31)25-18-15(20)11(7-8-24-18)27-17-13-5-3-9-30(13)29-16(28-17)12-4-2-6-14(26-12)19(21,22)23/h2-9H,1H3,(H2,24,25,27,28,29,31). The largest absolute Gasteiger partial charge is 0.433 e. The molecule has 0 bridgehead atoms. The Morgan fingerprint density at radius 3 is 2.61 bits per heavy atom. The Morgan fingerprint density at radius 2 is 1.87 bits per heavy atom. The summed E-state index contributed by atoms with van der Waals surface area (Å²) in [7, 11) is 0. The van der Waals surface area contributed by atoms with Gasteiger partial charge in [0.05, 0.1) is 5.69 Å². The van der Waals surface area contributed by atoms with Crippen LogP contribution in [0, 0.1) is 5.82 Å². The monoisotopic (exact) mass is 431 g/mol. The van der Waals surface area contributed by atoms with Crippen molar-refractivity contribution in [2.24, 2.45) is 0 Å². The lowest BCUT2D eigenvalue weighted by Crippen LogP contribution is -2.11. The molecular weight excluding hydrogens is 418 g/mol. The second kappa shape index (κ2) is 7.63. The molecule has 0 atom stereocenters. The van der Waals surface area contributed by atoms with Crippen molar-refractivity contribution in [1.29, 1.82) is 0 Å². The maximum atomic E-state index is 14.7. The Bertz CT molecular complexity index is 1290. The van der Waals surface area contributed by atoms with Crippen molar-refractivity contribution >= 4 is 28.7 Å². The molecule has 0 fully saturated rings. The number of hydrogen-bond donors (Lipinski definition) is 2. The number of amides is 1. The number of nitrogens with one attached hydrogen (secondary N) is 2. The van der Waals surface area contributed by atoms with Gasteiger partial charge in [-0.2, -0.15) is 13.2 Å². The van der Waals surface area contributed by atoms with Gasteiger partial charge in [0.2, 0.25) is 11.7 Å². The van der Waals surface area contributed by atoms with E-state index < -0.39 is 23.6 Å². The third-order valence-electron chi connectivity index (χ3n) is 4.10. The third kappa shape index (κ3) is 4.13. The first-order chi connectivity index (χ1) is 14.7. The molecule has 0 aliphatic rings. The van der Waals surface area contributed by atoms with E-state index in [4.69, 9.17) is 0 Å². The van der Waals surface area contributed by atoms with E-state index in [9.17, 15) is 22.4 Å². The molecule has 12 heteroatoms. The van der Waals surface area contributed by atoms with E-state index in [0.717, 1.165) is 6.07 Å². The molecule has 0 aliphatic heterocycles. The van der Waals surface area contributed by atoms with Crippen LogP contribution in [0.15, 0.2) is 48.8 Å². The number of rotatable bonds is 4. The summed E-state index contributed by atoms with van der Waals surface area (Å²) in [6, 6.07) is 7.98. The molecule has 0 unspecified atom stereocenters. The fourth-order valence-corrected chi connectivity index (χ4v) is 2.77. The quantitative estimate of drug-likeness (QED) is 0.474. The van der Waals surface area contributed by atoms with Crippen LogP contribution >= 0.6 is 0 Å². The number of alkyl halides is 3. The predicted octanol–water partition coefficient (Wildman–Crippen LogP) is 4.05. The molecule has 31 heavy (non-hydrogen) atoms. The van der Waals surface area contributed by atoms with Crippen LogP contribution in [0.1, 0.15) is 12.6 Å². The summed E-state index contributed by atoms with van der Waals surface area (Å²) in [4.78, 5) is 22.8. The van der Waals surface area contributed by atoms with Gasteiger partial charge in [0.15, 0.2) is 17.5 Å². The van der Waals surface area contributed by atoms with Crippen molar-refractivity contribution < 1.29 is 22.4 Å². The molecule has 4 aromatic rings. The lowest BCUT2D eigenvalue weighted by atomic mass is 10.3. The topological polar surface area (TPSA) is 97.1 Å². The molecule has 0 saturated heterocycles. The van der Waals surface area contributed by atoms with Crippen molar-refractivity contribution in [2.75, 3.05) is 10.6 Å².